The van der Waals surface area contributed by atoms with Crippen LogP contribution < -0.4 is 10.0 Å². The SMILES string of the molecule is CN[S+]([O-])c1ccc(C(=O)Nc2ccc(Cl)c(-c3ccccn3)c2)c(Cl)c1. The van der Waals surface area contributed by atoms with Crippen LogP contribution in [0.25, 0.3) is 11.3 Å². The molecule has 0 aliphatic heterocycles. The van der Waals surface area contributed by atoms with Crippen LogP contribution in [-0.4, -0.2) is 22.5 Å². The lowest BCUT2D eigenvalue weighted by Gasteiger charge is -2.11. The van der Waals surface area contributed by atoms with Gasteiger partial charge in [0.05, 0.1) is 32.7 Å². The number of pyridine rings is 1. The van der Waals surface area contributed by atoms with Crippen LogP contribution in [0.1, 0.15) is 10.4 Å². The number of rotatable bonds is 5. The predicted octanol–water partition coefficient (Wildman–Crippen LogP) is 4.55. The molecule has 0 radical (unpaired) electrons. The second-order valence-electron chi connectivity index (χ2n) is 5.48. The molecule has 0 spiro atoms. The number of benzene rings is 2. The maximum atomic E-state index is 12.6. The first-order valence-electron chi connectivity index (χ1n) is 7.90. The van der Waals surface area contributed by atoms with Crippen LogP contribution in [0.4, 0.5) is 5.69 Å². The highest BCUT2D eigenvalue weighted by Gasteiger charge is 2.16. The highest BCUT2D eigenvalue weighted by Crippen LogP contribution is 2.30. The van der Waals surface area contributed by atoms with E-state index in [9.17, 15) is 9.35 Å². The Labute approximate surface area is 170 Å². The molecule has 1 unspecified atom stereocenters. The fraction of sp³-hybridized carbons (Fsp3) is 0.0526. The largest absolute Gasteiger partial charge is 0.593 e. The summed E-state index contributed by atoms with van der Waals surface area (Å²) in [5, 5.41) is 3.54. The summed E-state index contributed by atoms with van der Waals surface area (Å²) < 4.78 is 14.4. The van der Waals surface area contributed by atoms with Crippen molar-refractivity contribution in [2.24, 2.45) is 0 Å². The van der Waals surface area contributed by atoms with Gasteiger partial charge >= 0.3 is 0 Å². The number of carbonyl (C=O) groups is 1. The molecule has 2 aromatic carbocycles. The third-order valence-electron chi connectivity index (χ3n) is 3.75. The van der Waals surface area contributed by atoms with E-state index in [4.69, 9.17) is 23.2 Å². The van der Waals surface area contributed by atoms with E-state index >= 15 is 0 Å². The van der Waals surface area contributed by atoms with Gasteiger partial charge in [-0.3, -0.25) is 9.78 Å². The summed E-state index contributed by atoms with van der Waals surface area (Å²) in [6, 6.07) is 15.3. The number of hydrogen-bond donors (Lipinski definition) is 2. The standard InChI is InChI=1S/C19H15Cl2N3O2S/c1-22-27(26)13-6-7-14(17(21)11-13)19(25)24-12-5-8-16(20)15(10-12)18-4-2-3-9-23-18/h2-11,22H,1H3,(H,24,25). The molecule has 0 aliphatic rings. The lowest BCUT2D eigenvalue weighted by molar-refractivity contribution is 0.102. The molecule has 1 amide bonds. The molecule has 27 heavy (non-hydrogen) atoms. The molecule has 138 valence electrons. The Bertz CT molecular complexity index is 970. The average Bonchev–Trinajstić information content (AvgIpc) is 2.69. The Morgan fingerprint density at radius 3 is 2.56 bits per heavy atom. The van der Waals surface area contributed by atoms with Gasteiger partial charge in [-0.2, -0.15) is 0 Å². The number of nitrogens with one attached hydrogen (secondary N) is 2. The van der Waals surface area contributed by atoms with Crippen LogP contribution in [0, 0.1) is 0 Å². The van der Waals surface area contributed by atoms with Gasteiger partial charge < -0.3 is 9.87 Å². The summed E-state index contributed by atoms with van der Waals surface area (Å²) in [5.41, 5.74) is 2.25. The normalized spacial score (nSPS) is 11.9. The Morgan fingerprint density at radius 1 is 1.07 bits per heavy atom. The van der Waals surface area contributed by atoms with Crippen LogP contribution in [0.2, 0.25) is 10.0 Å². The molecular weight excluding hydrogens is 405 g/mol. The summed E-state index contributed by atoms with van der Waals surface area (Å²) in [6.45, 7) is 0. The van der Waals surface area contributed by atoms with Gasteiger partial charge in [0.25, 0.3) is 5.91 Å². The molecule has 1 atom stereocenters. The first-order valence-corrected chi connectivity index (χ1v) is 9.81. The number of nitrogens with zero attached hydrogens (tertiary/aromatic N) is 1. The number of aromatic nitrogens is 1. The molecule has 0 aliphatic carbocycles. The van der Waals surface area contributed by atoms with Crippen molar-refractivity contribution in [2.75, 3.05) is 12.4 Å². The fourth-order valence-electron chi connectivity index (χ4n) is 2.43. The van der Waals surface area contributed by atoms with Gasteiger partial charge in [-0.05, 0) is 42.5 Å². The zero-order valence-electron chi connectivity index (χ0n) is 14.2. The van der Waals surface area contributed by atoms with Gasteiger partial charge in [0, 0.05) is 30.6 Å². The molecule has 1 aromatic heterocycles. The third kappa shape index (κ3) is 4.61. The van der Waals surface area contributed by atoms with E-state index < -0.39 is 11.4 Å². The summed E-state index contributed by atoms with van der Waals surface area (Å²) in [7, 11) is 1.57. The van der Waals surface area contributed by atoms with Crippen molar-refractivity contribution in [3.8, 4) is 11.3 Å². The average molecular weight is 420 g/mol. The van der Waals surface area contributed by atoms with Crippen LogP contribution in [0.3, 0.4) is 0 Å². The molecule has 0 saturated carbocycles. The van der Waals surface area contributed by atoms with E-state index in [2.05, 4.69) is 15.0 Å². The van der Waals surface area contributed by atoms with E-state index in [1.54, 1.807) is 37.5 Å². The van der Waals surface area contributed by atoms with Crippen LogP contribution in [0.15, 0.2) is 65.7 Å². The summed E-state index contributed by atoms with van der Waals surface area (Å²) in [6.07, 6.45) is 1.67. The monoisotopic (exact) mass is 419 g/mol. The minimum absolute atomic E-state index is 0.215. The zero-order chi connectivity index (χ0) is 19.4. The van der Waals surface area contributed by atoms with Crippen molar-refractivity contribution in [3.05, 3.63) is 76.4 Å². The molecular formula is C19H15Cl2N3O2S. The zero-order valence-corrected chi connectivity index (χ0v) is 16.5. The number of anilines is 1. The van der Waals surface area contributed by atoms with E-state index in [-0.39, 0.29) is 16.5 Å². The summed E-state index contributed by atoms with van der Waals surface area (Å²) in [4.78, 5) is 17.4. The molecule has 0 fully saturated rings. The van der Waals surface area contributed by atoms with Crippen molar-refractivity contribution in [3.63, 3.8) is 0 Å². The van der Waals surface area contributed by atoms with E-state index in [1.807, 2.05) is 18.2 Å². The maximum Gasteiger partial charge on any atom is 0.257 e. The van der Waals surface area contributed by atoms with Crippen molar-refractivity contribution in [1.82, 2.24) is 9.71 Å². The van der Waals surface area contributed by atoms with E-state index in [1.165, 1.54) is 12.1 Å². The highest BCUT2D eigenvalue weighted by molar-refractivity contribution is 7.89. The van der Waals surface area contributed by atoms with Gasteiger partial charge in [-0.25, -0.2) is 0 Å². The molecule has 8 heteroatoms. The summed E-state index contributed by atoms with van der Waals surface area (Å²) in [5.74, 6) is -0.379. The lowest BCUT2D eigenvalue weighted by Crippen LogP contribution is -2.19. The molecule has 3 rings (SSSR count). The van der Waals surface area contributed by atoms with Gasteiger partial charge in [-0.1, -0.05) is 29.3 Å². The number of halogens is 2. The van der Waals surface area contributed by atoms with Gasteiger partial charge in [-0.15, -0.1) is 4.72 Å². The molecule has 0 saturated heterocycles. The van der Waals surface area contributed by atoms with Crippen molar-refractivity contribution in [2.45, 2.75) is 4.90 Å². The van der Waals surface area contributed by atoms with Gasteiger partial charge in [0.1, 0.15) is 0 Å². The minimum atomic E-state index is -1.37. The highest BCUT2D eigenvalue weighted by atomic mass is 35.5. The van der Waals surface area contributed by atoms with Crippen molar-refractivity contribution >= 4 is 46.2 Å². The predicted molar refractivity (Wildman–Crippen MR) is 110 cm³/mol. The Morgan fingerprint density at radius 2 is 1.89 bits per heavy atom. The second-order valence-corrected chi connectivity index (χ2v) is 7.71. The molecule has 0 bridgehead atoms. The Hall–Kier alpha value is -2.09. The maximum absolute atomic E-state index is 12.6. The molecule has 1 heterocycles. The third-order valence-corrected chi connectivity index (χ3v) is 5.44. The van der Waals surface area contributed by atoms with Gasteiger partial charge in [0.2, 0.25) is 0 Å². The minimum Gasteiger partial charge on any atom is -0.593 e. The first kappa shape index (κ1) is 19.7. The number of amides is 1. The smallest absolute Gasteiger partial charge is 0.257 e. The van der Waals surface area contributed by atoms with Crippen LogP contribution in [0.5, 0.6) is 0 Å². The second kappa shape index (κ2) is 8.73. The molecule has 5 nitrogen and oxygen atoms in total. The Balaban J connectivity index is 1.84. The molecule has 2 N–H and O–H groups in total. The van der Waals surface area contributed by atoms with E-state index in [0.717, 1.165) is 0 Å². The van der Waals surface area contributed by atoms with Crippen LogP contribution >= 0.6 is 23.2 Å². The first-order chi connectivity index (χ1) is 13.0. The lowest BCUT2D eigenvalue weighted by atomic mass is 10.1. The Kier molecular flexibility index (Phi) is 6.36. The van der Waals surface area contributed by atoms with Gasteiger partial charge in [0.15, 0.2) is 4.90 Å². The van der Waals surface area contributed by atoms with E-state index in [0.29, 0.717) is 26.9 Å². The quantitative estimate of drug-likeness (QED) is 0.594. The molecule has 3 aromatic rings. The fourth-order valence-corrected chi connectivity index (χ4v) is 3.63. The summed E-state index contributed by atoms with van der Waals surface area (Å²) >= 11 is 11.1. The van der Waals surface area contributed by atoms with Crippen molar-refractivity contribution in [1.29, 1.82) is 0 Å². The topological polar surface area (TPSA) is 77.1 Å². The number of hydrogen-bond acceptors (Lipinski definition) is 4. The van der Waals surface area contributed by atoms with Crippen molar-refractivity contribution < 1.29 is 9.35 Å². The number of carbonyl (C=O) groups excluding carboxylic acids is 1. The van der Waals surface area contributed by atoms with Crippen LogP contribution in [-0.2, 0) is 11.4 Å².